The van der Waals surface area contributed by atoms with E-state index in [0.29, 0.717) is 12.8 Å². The Morgan fingerprint density at radius 3 is 2.58 bits per heavy atom. The summed E-state index contributed by atoms with van der Waals surface area (Å²) < 4.78 is 0. The van der Waals surface area contributed by atoms with Gasteiger partial charge in [-0.05, 0) is 32.8 Å². The number of hydrogen-bond acceptors (Lipinski definition) is 2. The van der Waals surface area contributed by atoms with Crippen molar-refractivity contribution in [1.29, 1.82) is 0 Å². The highest BCUT2D eigenvalue weighted by Crippen LogP contribution is 2.06. The Labute approximate surface area is 114 Å². The SMILES string of the molecule is Cc1cccc(CCC(=O)NCC(=O)NC(C)C)c1. The smallest absolute Gasteiger partial charge is 0.239 e. The van der Waals surface area contributed by atoms with Gasteiger partial charge in [0.15, 0.2) is 0 Å². The lowest BCUT2D eigenvalue weighted by atomic mass is 10.1. The van der Waals surface area contributed by atoms with Crippen molar-refractivity contribution < 1.29 is 9.59 Å². The molecule has 0 bridgehead atoms. The van der Waals surface area contributed by atoms with Crippen molar-refractivity contribution in [2.45, 2.75) is 39.7 Å². The number of amides is 2. The molecule has 0 aliphatic carbocycles. The lowest BCUT2D eigenvalue weighted by molar-refractivity contribution is -0.126. The van der Waals surface area contributed by atoms with Crippen LogP contribution in [0.25, 0.3) is 0 Å². The largest absolute Gasteiger partial charge is 0.352 e. The predicted molar refractivity (Wildman–Crippen MR) is 75.8 cm³/mol. The summed E-state index contributed by atoms with van der Waals surface area (Å²) in [5.41, 5.74) is 2.33. The fourth-order valence-electron chi connectivity index (χ4n) is 1.77. The Bertz CT molecular complexity index is 442. The predicted octanol–water partition coefficient (Wildman–Crippen LogP) is 1.57. The van der Waals surface area contributed by atoms with Crippen molar-refractivity contribution in [3.63, 3.8) is 0 Å². The van der Waals surface area contributed by atoms with E-state index >= 15 is 0 Å². The zero-order valence-electron chi connectivity index (χ0n) is 11.8. The summed E-state index contributed by atoms with van der Waals surface area (Å²) >= 11 is 0. The first-order valence-electron chi connectivity index (χ1n) is 6.59. The van der Waals surface area contributed by atoms with Gasteiger partial charge in [0.2, 0.25) is 11.8 Å². The molecule has 0 saturated heterocycles. The van der Waals surface area contributed by atoms with Crippen LogP contribution in [0.4, 0.5) is 0 Å². The molecule has 1 aromatic rings. The fraction of sp³-hybridized carbons (Fsp3) is 0.467. The van der Waals surface area contributed by atoms with Crippen LogP contribution in [-0.2, 0) is 16.0 Å². The molecule has 4 heteroatoms. The second kappa shape index (κ2) is 7.56. The molecule has 0 unspecified atom stereocenters. The van der Waals surface area contributed by atoms with Crippen LogP contribution < -0.4 is 10.6 Å². The highest BCUT2D eigenvalue weighted by molar-refractivity contribution is 5.84. The summed E-state index contributed by atoms with van der Waals surface area (Å²) in [4.78, 5) is 23.0. The van der Waals surface area contributed by atoms with Gasteiger partial charge in [-0.1, -0.05) is 29.8 Å². The molecule has 2 N–H and O–H groups in total. The molecular weight excluding hydrogens is 240 g/mol. The summed E-state index contributed by atoms with van der Waals surface area (Å²) in [6.07, 6.45) is 1.09. The minimum absolute atomic E-state index is 0.0465. The van der Waals surface area contributed by atoms with Crippen LogP contribution in [0, 0.1) is 6.92 Å². The molecule has 2 amide bonds. The van der Waals surface area contributed by atoms with E-state index in [2.05, 4.69) is 16.7 Å². The summed E-state index contributed by atoms with van der Waals surface area (Å²) in [6, 6.07) is 8.18. The molecule has 104 valence electrons. The molecule has 4 nitrogen and oxygen atoms in total. The van der Waals surface area contributed by atoms with Crippen LogP contribution in [0.3, 0.4) is 0 Å². The van der Waals surface area contributed by atoms with Crippen molar-refractivity contribution in [3.8, 4) is 0 Å². The van der Waals surface area contributed by atoms with Crippen LogP contribution >= 0.6 is 0 Å². The van der Waals surface area contributed by atoms with E-state index < -0.39 is 0 Å². The molecule has 0 saturated carbocycles. The molecule has 0 radical (unpaired) electrons. The first-order chi connectivity index (χ1) is 8.97. The average Bonchev–Trinajstić information content (AvgIpc) is 2.33. The third-order valence-corrected chi connectivity index (χ3v) is 2.62. The van der Waals surface area contributed by atoms with Gasteiger partial charge < -0.3 is 10.6 Å². The van der Waals surface area contributed by atoms with Crippen LogP contribution in [0.2, 0.25) is 0 Å². The standard InChI is InChI=1S/C15H22N2O2/c1-11(2)17-15(19)10-16-14(18)8-7-13-6-4-5-12(3)9-13/h4-6,9,11H,7-8,10H2,1-3H3,(H,16,18)(H,17,19). The van der Waals surface area contributed by atoms with E-state index in [-0.39, 0.29) is 24.4 Å². The van der Waals surface area contributed by atoms with Gasteiger partial charge >= 0.3 is 0 Å². The van der Waals surface area contributed by atoms with Crippen LogP contribution in [0.5, 0.6) is 0 Å². The maximum Gasteiger partial charge on any atom is 0.239 e. The second-order valence-corrected chi connectivity index (χ2v) is 4.99. The zero-order valence-corrected chi connectivity index (χ0v) is 11.8. The molecule has 0 spiro atoms. The van der Waals surface area contributed by atoms with Gasteiger partial charge in [-0.2, -0.15) is 0 Å². The van der Waals surface area contributed by atoms with Gasteiger partial charge in [0.1, 0.15) is 0 Å². The van der Waals surface area contributed by atoms with Gasteiger partial charge in [0.05, 0.1) is 6.54 Å². The third kappa shape index (κ3) is 6.60. The van der Waals surface area contributed by atoms with Crippen LogP contribution in [0.1, 0.15) is 31.4 Å². The first kappa shape index (κ1) is 15.2. The highest BCUT2D eigenvalue weighted by Gasteiger charge is 2.06. The fourth-order valence-corrected chi connectivity index (χ4v) is 1.77. The summed E-state index contributed by atoms with van der Waals surface area (Å²) in [6.45, 7) is 5.85. The van der Waals surface area contributed by atoms with E-state index in [1.54, 1.807) is 0 Å². The topological polar surface area (TPSA) is 58.2 Å². The number of hydrogen-bond donors (Lipinski definition) is 2. The quantitative estimate of drug-likeness (QED) is 0.817. The number of rotatable bonds is 6. The van der Waals surface area contributed by atoms with Crippen molar-refractivity contribution in [2.24, 2.45) is 0 Å². The third-order valence-electron chi connectivity index (χ3n) is 2.62. The normalized spacial score (nSPS) is 10.3. The number of aryl methyl sites for hydroxylation is 2. The van der Waals surface area contributed by atoms with E-state index in [1.165, 1.54) is 5.56 Å². The van der Waals surface area contributed by atoms with E-state index in [9.17, 15) is 9.59 Å². The first-order valence-corrected chi connectivity index (χ1v) is 6.59. The van der Waals surface area contributed by atoms with Crippen molar-refractivity contribution in [3.05, 3.63) is 35.4 Å². The molecular formula is C15H22N2O2. The lowest BCUT2D eigenvalue weighted by Crippen LogP contribution is -2.39. The molecule has 0 heterocycles. The lowest BCUT2D eigenvalue weighted by Gasteiger charge is -2.09. The van der Waals surface area contributed by atoms with Gasteiger partial charge in [0, 0.05) is 12.5 Å². The van der Waals surface area contributed by atoms with Gasteiger partial charge in [-0.25, -0.2) is 0 Å². The molecule has 0 atom stereocenters. The number of nitrogens with one attached hydrogen (secondary N) is 2. The van der Waals surface area contributed by atoms with Crippen molar-refractivity contribution in [1.82, 2.24) is 10.6 Å². The minimum Gasteiger partial charge on any atom is -0.352 e. The molecule has 0 aliphatic rings. The Balaban J connectivity index is 2.26. The van der Waals surface area contributed by atoms with Crippen LogP contribution in [0.15, 0.2) is 24.3 Å². The molecule has 0 fully saturated rings. The summed E-state index contributed by atoms with van der Waals surface area (Å²) in [7, 11) is 0. The number of carbonyl (C=O) groups is 2. The van der Waals surface area contributed by atoms with Crippen molar-refractivity contribution >= 4 is 11.8 Å². The van der Waals surface area contributed by atoms with Gasteiger partial charge in [-0.3, -0.25) is 9.59 Å². The van der Waals surface area contributed by atoms with E-state index in [4.69, 9.17) is 0 Å². The Morgan fingerprint density at radius 2 is 1.95 bits per heavy atom. The Hall–Kier alpha value is -1.84. The zero-order chi connectivity index (χ0) is 14.3. The molecule has 19 heavy (non-hydrogen) atoms. The summed E-state index contributed by atoms with van der Waals surface area (Å²) in [5.74, 6) is -0.251. The van der Waals surface area contributed by atoms with E-state index in [1.807, 2.05) is 39.0 Å². The maximum atomic E-state index is 11.6. The molecule has 1 aromatic carbocycles. The maximum absolute atomic E-state index is 11.6. The minimum atomic E-state index is -0.154. The van der Waals surface area contributed by atoms with Crippen LogP contribution in [-0.4, -0.2) is 24.4 Å². The highest BCUT2D eigenvalue weighted by atomic mass is 16.2. The average molecular weight is 262 g/mol. The number of benzene rings is 1. The Kier molecular flexibility index (Phi) is 6.06. The monoisotopic (exact) mass is 262 g/mol. The number of carbonyl (C=O) groups excluding carboxylic acids is 2. The molecule has 0 aliphatic heterocycles. The van der Waals surface area contributed by atoms with Crippen molar-refractivity contribution in [2.75, 3.05) is 6.54 Å². The van der Waals surface area contributed by atoms with Gasteiger partial charge in [-0.15, -0.1) is 0 Å². The summed E-state index contributed by atoms with van der Waals surface area (Å²) in [5, 5.41) is 5.35. The molecule has 0 aromatic heterocycles. The van der Waals surface area contributed by atoms with Gasteiger partial charge in [0.25, 0.3) is 0 Å². The second-order valence-electron chi connectivity index (χ2n) is 4.99. The van der Waals surface area contributed by atoms with E-state index in [0.717, 1.165) is 5.56 Å². The molecule has 1 rings (SSSR count). The Morgan fingerprint density at radius 1 is 1.21 bits per heavy atom.